The van der Waals surface area contributed by atoms with E-state index in [1.54, 1.807) is 0 Å². The lowest BCUT2D eigenvalue weighted by atomic mass is 10.1. The van der Waals surface area contributed by atoms with Gasteiger partial charge in [0.25, 0.3) is 0 Å². The summed E-state index contributed by atoms with van der Waals surface area (Å²) < 4.78 is 27.0. The van der Waals surface area contributed by atoms with Crippen molar-refractivity contribution in [2.24, 2.45) is 0 Å². The second kappa shape index (κ2) is 9.04. The van der Waals surface area contributed by atoms with Crippen LogP contribution in [0.5, 0.6) is 0 Å². The van der Waals surface area contributed by atoms with Crippen molar-refractivity contribution in [2.45, 2.75) is 19.3 Å². The Morgan fingerprint density at radius 1 is 1.15 bits per heavy atom. The van der Waals surface area contributed by atoms with Gasteiger partial charge in [-0.15, -0.1) is 0 Å². The minimum atomic E-state index is -1.26. The van der Waals surface area contributed by atoms with Crippen LogP contribution >= 0.6 is 0 Å². The van der Waals surface area contributed by atoms with Crippen LogP contribution < -0.4 is 0 Å². The number of nitrogens with one attached hydrogen (secondary N) is 1. The molecule has 0 radical (unpaired) electrons. The first-order valence-electron chi connectivity index (χ1n) is 8.05. The van der Waals surface area contributed by atoms with Gasteiger partial charge >= 0.3 is 11.9 Å². The number of H-pyrrole nitrogens is 1. The molecule has 3 rings (SSSR count). The number of aromatic nitrogens is 2. The molecule has 1 aliphatic rings. The fourth-order valence-corrected chi connectivity index (χ4v) is 2.70. The van der Waals surface area contributed by atoms with Crippen LogP contribution in [0.4, 0.5) is 8.78 Å². The van der Waals surface area contributed by atoms with Crippen molar-refractivity contribution in [1.29, 1.82) is 0 Å². The average Bonchev–Trinajstić information content (AvgIpc) is 3.24. The lowest BCUT2D eigenvalue weighted by Gasteiger charge is -2.13. The van der Waals surface area contributed by atoms with E-state index in [-0.39, 0.29) is 0 Å². The summed E-state index contributed by atoms with van der Waals surface area (Å²) in [6.07, 6.45) is 4.22. The van der Waals surface area contributed by atoms with E-state index in [1.807, 2.05) is 0 Å². The molecule has 1 aromatic heterocycles. The van der Waals surface area contributed by atoms with Gasteiger partial charge in [-0.3, -0.25) is 5.10 Å². The van der Waals surface area contributed by atoms with Gasteiger partial charge in [-0.1, -0.05) is 0 Å². The Balaban J connectivity index is 0.000000260. The molecule has 140 valence electrons. The van der Waals surface area contributed by atoms with Gasteiger partial charge in [0.2, 0.25) is 0 Å². The molecule has 1 saturated heterocycles. The lowest BCUT2D eigenvalue weighted by molar-refractivity contribution is -0.134. The summed E-state index contributed by atoms with van der Waals surface area (Å²) in [6, 6.07) is 2.65. The Labute approximate surface area is 147 Å². The molecule has 26 heavy (non-hydrogen) atoms. The standard InChI is InChI=1S/C13H15F2N3.C4H4O4/c14-9-3-4-10-12(13(9)15)11(17-16-10)5-8-18-6-1-2-7-18;5-3(6)1-2-4(7)8/h3-4H,1-2,5-8H2,(H,16,17);1-2H,(H,5,6)(H,7,8)/b;2-1+. The molecular formula is C17H19F2N3O4. The number of halogens is 2. The number of nitrogens with zero attached hydrogens (tertiary/aromatic N) is 2. The summed E-state index contributed by atoms with van der Waals surface area (Å²) in [5.74, 6) is -4.12. The normalized spacial score (nSPS) is 14.5. The first-order chi connectivity index (χ1) is 12.4. The number of carboxylic acid groups (broad SMARTS) is 2. The van der Waals surface area contributed by atoms with Crippen LogP contribution in [0.25, 0.3) is 10.9 Å². The number of benzene rings is 1. The van der Waals surface area contributed by atoms with E-state index < -0.39 is 23.6 Å². The average molecular weight is 367 g/mol. The number of aliphatic carboxylic acids is 2. The molecule has 1 fully saturated rings. The summed E-state index contributed by atoms with van der Waals surface area (Å²) in [7, 11) is 0. The van der Waals surface area contributed by atoms with Crippen molar-refractivity contribution in [3.05, 3.63) is 41.6 Å². The molecule has 0 unspecified atom stereocenters. The molecule has 9 heteroatoms. The number of rotatable bonds is 5. The van der Waals surface area contributed by atoms with E-state index in [0.29, 0.717) is 35.2 Å². The van der Waals surface area contributed by atoms with E-state index in [9.17, 15) is 18.4 Å². The van der Waals surface area contributed by atoms with E-state index in [1.165, 1.54) is 18.9 Å². The minimum Gasteiger partial charge on any atom is -0.478 e. The predicted octanol–water partition coefficient (Wildman–Crippen LogP) is 2.19. The third-order valence-electron chi connectivity index (χ3n) is 3.93. The first-order valence-corrected chi connectivity index (χ1v) is 8.05. The second-order valence-corrected chi connectivity index (χ2v) is 5.76. The van der Waals surface area contributed by atoms with Crippen LogP contribution in [-0.4, -0.2) is 56.9 Å². The third kappa shape index (κ3) is 5.35. The maximum Gasteiger partial charge on any atom is 0.328 e. The summed E-state index contributed by atoms with van der Waals surface area (Å²) in [6.45, 7) is 3.05. The Morgan fingerprint density at radius 2 is 1.77 bits per heavy atom. The lowest BCUT2D eigenvalue weighted by Crippen LogP contribution is -2.22. The van der Waals surface area contributed by atoms with Gasteiger partial charge in [0.15, 0.2) is 11.6 Å². The molecule has 7 nitrogen and oxygen atoms in total. The zero-order chi connectivity index (χ0) is 19.1. The Kier molecular flexibility index (Phi) is 6.79. The van der Waals surface area contributed by atoms with Crippen molar-refractivity contribution in [2.75, 3.05) is 19.6 Å². The molecule has 2 heterocycles. The van der Waals surface area contributed by atoms with E-state index in [4.69, 9.17) is 10.2 Å². The molecule has 0 spiro atoms. The monoisotopic (exact) mass is 367 g/mol. The van der Waals surface area contributed by atoms with E-state index >= 15 is 0 Å². The first kappa shape index (κ1) is 19.5. The molecular weight excluding hydrogens is 348 g/mol. The minimum absolute atomic E-state index is 0.300. The highest BCUT2D eigenvalue weighted by Gasteiger charge is 2.16. The summed E-state index contributed by atoms with van der Waals surface area (Å²) in [4.78, 5) is 21.4. The molecule has 0 amide bonds. The van der Waals surface area contributed by atoms with Gasteiger partial charge in [0.1, 0.15) is 0 Å². The third-order valence-corrected chi connectivity index (χ3v) is 3.93. The number of likely N-dealkylation sites (tertiary alicyclic amines) is 1. The summed E-state index contributed by atoms with van der Waals surface area (Å²) in [5, 5.41) is 22.8. The maximum atomic E-state index is 13.7. The zero-order valence-electron chi connectivity index (χ0n) is 13.9. The highest BCUT2D eigenvalue weighted by Crippen LogP contribution is 2.22. The molecule has 2 aromatic rings. The van der Waals surface area contributed by atoms with Gasteiger partial charge in [-0.25, -0.2) is 18.4 Å². The number of carboxylic acids is 2. The molecule has 0 bridgehead atoms. The van der Waals surface area contributed by atoms with E-state index in [2.05, 4.69) is 15.1 Å². The fourth-order valence-electron chi connectivity index (χ4n) is 2.70. The Morgan fingerprint density at radius 3 is 2.35 bits per heavy atom. The van der Waals surface area contributed by atoms with Crippen molar-refractivity contribution in [3.8, 4) is 0 Å². The van der Waals surface area contributed by atoms with Crippen molar-refractivity contribution in [3.63, 3.8) is 0 Å². The summed E-state index contributed by atoms with van der Waals surface area (Å²) >= 11 is 0. The zero-order valence-corrected chi connectivity index (χ0v) is 13.9. The van der Waals surface area contributed by atoms with Gasteiger partial charge < -0.3 is 15.1 Å². The van der Waals surface area contributed by atoms with Gasteiger partial charge in [-0.05, 0) is 38.1 Å². The van der Waals surface area contributed by atoms with E-state index in [0.717, 1.165) is 25.7 Å². The number of fused-ring (bicyclic) bond motifs is 1. The van der Waals surface area contributed by atoms with Crippen LogP contribution in [0.2, 0.25) is 0 Å². The van der Waals surface area contributed by atoms with Crippen LogP contribution in [0.3, 0.4) is 0 Å². The molecule has 0 aliphatic carbocycles. The second-order valence-electron chi connectivity index (χ2n) is 5.76. The van der Waals surface area contributed by atoms with Gasteiger partial charge in [0, 0.05) is 25.1 Å². The fraction of sp³-hybridized carbons (Fsp3) is 0.353. The van der Waals surface area contributed by atoms with Crippen LogP contribution in [0, 0.1) is 11.6 Å². The topological polar surface area (TPSA) is 107 Å². The van der Waals surface area contributed by atoms with Crippen molar-refractivity contribution in [1.82, 2.24) is 15.1 Å². The van der Waals surface area contributed by atoms with Gasteiger partial charge in [0.05, 0.1) is 16.6 Å². The molecule has 1 aliphatic heterocycles. The molecule has 0 atom stereocenters. The molecule has 0 saturated carbocycles. The Bertz CT molecular complexity index is 798. The van der Waals surface area contributed by atoms with Crippen LogP contribution in [-0.2, 0) is 16.0 Å². The maximum absolute atomic E-state index is 13.7. The summed E-state index contributed by atoms with van der Waals surface area (Å²) in [5.41, 5.74) is 1.18. The highest BCUT2D eigenvalue weighted by molar-refractivity contribution is 5.89. The quantitative estimate of drug-likeness (QED) is 0.700. The van der Waals surface area contributed by atoms with Crippen molar-refractivity contribution < 1.29 is 28.6 Å². The highest BCUT2D eigenvalue weighted by atomic mass is 19.2. The number of aromatic amines is 1. The SMILES string of the molecule is Fc1ccc2[nH]nc(CCN3CCCC3)c2c1F.O=C(O)/C=C/C(=O)O. The van der Waals surface area contributed by atoms with Crippen molar-refractivity contribution >= 4 is 22.8 Å². The molecule has 3 N–H and O–H groups in total. The number of carbonyl (C=O) groups is 2. The molecule has 1 aromatic carbocycles. The van der Waals surface area contributed by atoms with Crippen LogP contribution in [0.1, 0.15) is 18.5 Å². The predicted molar refractivity (Wildman–Crippen MR) is 89.8 cm³/mol. The largest absolute Gasteiger partial charge is 0.478 e. The number of hydrogen-bond acceptors (Lipinski definition) is 4. The van der Waals surface area contributed by atoms with Crippen LogP contribution in [0.15, 0.2) is 24.3 Å². The smallest absolute Gasteiger partial charge is 0.328 e. The Hall–Kier alpha value is -2.81. The van der Waals surface area contributed by atoms with Gasteiger partial charge in [-0.2, -0.15) is 5.10 Å². The number of hydrogen-bond donors (Lipinski definition) is 3.